The highest BCUT2D eigenvalue weighted by Gasteiger charge is 2.38. The van der Waals surface area contributed by atoms with E-state index in [0.717, 1.165) is 11.1 Å². The van der Waals surface area contributed by atoms with Crippen LogP contribution < -0.4 is 0 Å². The number of hydrogen-bond donors (Lipinski definition) is 0. The van der Waals surface area contributed by atoms with E-state index in [2.05, 4.69) is 78.0 Å². The topological polar surface area (TPSA) is 0 Å². The zero-order chi connectivity index (χ0) is 19.2. The van der Waals surface area contributed by atoms with Crippen molar-refractivity contribution in [1.29, 1.82) is 0 Å². The number of alkyl halides is 2. The van der Waals surface area contributed by atoms with Crippen LogP contribution in [-0.4, -0.2) is 10.8 Å². The van der Waals surface area contributed by atoms with E-state index in [9.17, 15) is 0 Å². The summed E-state index contributed by atoms with van der Waals surface area (Å²) in [4.78, 5) is 0. The molecule has 0 N–H and O–H groups in total. The van der Waals surface area contributed by atoms with Crippen molar-refractivity contribution in [2.45, 2.75) is 52.3 Å². The normalized spacial score (nSPS) is 22.8. The van der Waals surface area contributed by atoms with Crippen molar-refractivity contribution in [2.24, 2.45) is 0 Å². The molecule has 0 amide bonds. The first kappa shape index (κ1) is 19.3. The van der Waals surface area contributed by atoms with Crippen LogP contribution in [0.5, 0.6) is 0 Å². The van der Waals surface area contributed by atoms with E-state index in [-0.39, 0.29) is 10.8 Å². The van der Waals surface area contributed by atoms with Gasteiger partial charge in [-0.1, -0.05) is 35.4 Å². The predicted octanol–water partition coefficient (Wildman–Crippen LogP) is 7.23. The highest BCUT2D eigenvalue weighted by atomic mass is 35.5. The maximum absolute atomic E-state index is 6.58. The zero-order valence-electron chi connectivity index (χ0n) is 16.4. The van der Waals surface area contributed by atoms with Crippen molar-refractivity contribution >= 4 is 35.4 Å². The van der Waals surface area contributed by atoms with Crippen LogP contribution in [0, 0.1) is 41.5 Å². The van der Waals surface area contributed by atoms with Crippen LogP contribution >= 0.6 is 23.2 Å². The molecule has 1 aliphatic carbocycles. The van der Waals surface area contributed by atoms with Crippen molar-refractivity contribution in [1.82, 2.24) is 0 Å². The van der Waals surface area contributed by atoms with Gasteiger partial charge in [-0.3, -0.25) is 0 Å². The van der Waals surface area contributed by atoms with Gasteiger partial charge in [0.1, 0.15) is 0 Å². The fraction of sp³-hybridized carbons (Fsp3) is 0.333. The number of allylic oxidation sites excluding steroid dienone is 2. The molecule has 1 aliphatic rings. The van der Waals surface area contributed by atoms with Crippen molar-refractivity contribution < 1.29 is 0 Å². The molecular formula is C24H26Cl2. The molecule has 0 heterocycles. The summed E-state index contributed by atoms with van der Waals surface area (Å²) in [6.07, 6.45) is 4.46. The average Bonchev–Trinajstić information content (AvgIpc) is 2.53. The van der Waals surface area contributed by atoms with E-state index in [4.69, 9.17) is 23.2 Å². The van der Waals surface area contributed by atoms with Gasteiger partial charge in [0, 0.05) is 0 Å². The van der Waals surface area contributed by atoms with Gasteiger partial charge < -0.3 is 0 Å². The zero-order valence-corrected chi connectivity index (χ0v) is 17.9. The first-order valence-corrected chi connectivity index (χ1v) is 9.93. The second-order valence-corrected chi connectivity index (χ2v) is 8.57. The van der Waals surface area contributed by atoms with Crippen LogP contribution in [0.15, 0.2) is 35.4 Å². The van der Waals surface area contributed by atoms with Crippen LogP contribution in [0.25, 0.3) is 12.2 Å². The van der Waals surface area contributed by atoms with E-state index in [1.165, 1.54) is 44.5 Å². The molecule has 26 heavy (non-hydrogen) atoms. The molecule has 2 heteroatoms. The number of halogens is 2. The Bertz CT molecular complexity index is 808. The lowest BCUT2D eigenvalue weighted by molar-refractivity contribution is 0.858. The second kappa shape index (κ2) is 7.25. The molecule has 136 valence electrons. The Labute approximate surface area is 167 Å². The van der Waals surface area contributed by atoms with Crippen molar-refractivity contribution in [3.8, 4) is 0 Å². The summed E-state index contributed by atoms with van der Waals surface area (Å²) in [5.41, 5.74) is 12.5. The SMILES string of the molecule is Cc1cc(C)c(C=C2C(=Cc3c(C)cc(C)cc3C)C(Cl)C2Cl)c(C)c1. The molecule has 0 bridgehead atoms. The minimum Gasteiger partial charge on any atom is -0.116 e. The van der Waals surface area contributed by atoms with E-state index in [1.807, 2.05) is 0 Å². The van der Waals surface area contributed by atoms with Crippen LogP contribution in [0.3, 0.4) is 0 Å². The summed E-state index contributed by atoms with van der Waals surface area (Å²) in [6.45, 7) is 12.9. The lowest BCUT2D eigenvalue weighted by Crippen LogP contribution is -2.34. The molecule has 0 saturated heterocycles. The Kier molecular flexibility index (Phi) is 5.37. The highest BCUT2D eigenvalue weighted by Crippen LogP contribution is 2.45. The molecule has 3 rings (SSSR count). The summed E-state index contributed by atoms with van der Waals surface area (Å²) in [5.74, 6) is 0. The Morgan fingerprint density at radius 3 is 1.12 bits per heavy atom. The number of aryl methyl sites for hydroxylation is 6. The molecule has 0 aromatic heterocycles. The Morgan fingerprint density at radius 2 is 0.846 bits per heavy atom. The molecule has 0 nitrogen and oxygen atoms in total. The van der Waals surface area contributed by atoms with Crippen LogP contribution in [0.1, 0.15) is 44.5 Å². The average molecular weight is 385 g/mol. The summed E-state index contributed by atoms with van der Waals surface area (Å²) >= 11 is 13.2. The van der Waals surface area contributed by atoms with Gasteiger partial charge in [0.2, 0.25) is 0 Å². The van der Waals surface area contributed by atoms with Gasteiger partial charge in [-0.25, -0.2) is 0 Å². The lowest BCUT2D eigenvalue weighted by Gasteiger charge is -2.35. The summed E-state index contributed by atoms with van der Waals surface area (Å²) < 4.78 is 0. The number of benzene rings is 2. The third-order valence-electron chi connectivity index (χ3n) is 5.26. The molecular weight excluding hydrogens is 359 g/mol. The molecule has 0 spiro atoms. The first-order valence-electron chi connectivity index (χ1n) is 9.06. The minimum atomic E-state index is -0.144. The molecule has 0 aliphatic heterocycles. The van der Waals surface area contributed by atoms with Crippen molar-refractivity contribution in [3.05, 3.63) is 79.9 Å². The fourth-order valence-electron chi connectivity index (χ4n) is 4.01. The number of rotatable bonds is 2. The van der Waals surface area contributed by atoms with Crippen LogP contribution in [0.2, 0.25) is 0 Å². The van der Waals surface area contributed by atoms with Gasteiger partial charge >= 0.3 is 0 Å². The quantitative estimate of drug-likeness (QED) is 0.478. The van der Waals surface area contributed by atoms with Crippen LogP contribution in [0.4, 0.5) is 0 Å². The molecule has 1 fully saturated rings. The standard InChI is InChI=1S/C24H26Cl2/c1-13-7-15(3)19(16(4)8-13)11-21-22(24(26)23(21)25)12-20-17(5)9-14(2)10-18(20)6/h7-12,23-24H,1-6H3. The molecule has 2 aromatic carbocycles. The first-order chi connectivity index (χ1) is 12.2. The maximum Gasteiger partial charge on any atom is 0.0793 e. The van der Waals surface area contributed by atoms with Gasteiger partial charge in [-0.05, 0) is 98.2 Å². The Morgan fingerprint density at radius 1 is 0.577 bits per heavy atom. The molecule has 1 saturated carbocycles. The molecule has 2 aromatic rings. The van der Waals surface area contributed by atoms with Crippen LogP contribution in [-0.2, 0) is 0 Å². The monoisotopic (exact) mass is 384 g/mol. The Balaban J connectivity index is 2.09. The summed E-state index contributed by atoms with van der Waals surface area (Å²) in [7, 11) is 0. The summed E-state index contributed by atoms with van der Waals surface area (Å²) in [5, 5.41) is -0.289. The molecule has 2 unspecified atom stereocenters. The maximum atomic E-state index is 6.58. The minimum absolute atomic E-state index is 0.144. The highest BCUT2D eigenvalue weighted by molar-refractivity contribution is 6.36. The van der Waals surface area contributed by atoms with Gasteiger partial charge in [0.05, 0.1) is 10.8 Å². The van der Waals surface area contributed by atoms with Gasteiger partial charge in [0.15, 0.2) is 0 Å². The second-order valence-electron chi connectivity index (χ2n) is 7.63. The molecule has 2 atom stereocenters. The number of hydrogen-bond acceptors (Lipinski definition) is 0. The third-order valence-corrected chi connectivity index (χ3v) is 6.36. The molecule has 0 radical (unpaired) electrons. The fourth-order valence-corrected chi connectivity index (χ4v) is 4.66. The summed E-state index contributed by atoms with van der Waals surface area (Å²) in [6, 6.07) is 8.88. The smallest absolute Gasteiger partial charge is 0.0793 e. The van der Waals surface area contributed by atoms with E-state index in [0.29, 0.717) is 0 Å². The van der Waals surface area contributed by atoms with Gasteiger partial charge in [-0.2, -0.15) is 0 Å². The van der Waals surface area contributed by atoms with Gasteiger partial charge in [0.25, 0.3) is 0 Å². The van der Waals surface area contributed by atoms with E-state index < -0.39 is 0 Å². The largest absolute Gasteiger partial charge is 0.116 e. The van der Waals surface area contributed by atoms with Gasteiger partial charge in [-0.15, -0.1) is 23.2 Å². The van der Waals surface area contributed by atoms with E-state index in [1.54, 1.807) is 0 Å². The van der Waals surface area contributed by atoms with E-state index >= 15 is 0 Å². The lowest BCUT2D eigenvalue weighted by atomic mass is 9.80. The third kappa shape index (κ3) is 3.50. The van der Waals surface area contributed by atoms with Crippen molar-refractivity contribution in [3.63, 3.8) is 0 Å². The Hall–Kier alpha value is -1.50. The van der Waals surface area contributed by atoms with Crippen molar-refractivity contribution in [2.75, 3.05) is 0 Å². The predicted molar refractivity (Wildman–Crippen MR) is 117 cm³/mol.